The number of hydrogen-bond donors (Lipinski definition) is 0. The van der Waals surface area contributed by atoms with Gasteiger partial charge in [-0.05, 0) is 99.1 Å². The lowest BCUT2D eigenvalue weighted by molar-refractivity contribution is -0.134. The van der Waals surface area contributed by atoms with Crippen molar-refractivity contribution in [3.63, 3.8) is 0 Å². The van der Waals surface area contributed by atoms with Crippen molar-refractivity contribution in [3.05, 3.63) is 52.6 Å². The quantitative estimate of drug-likeness (QED) is 0.352. The molecule has 1 saturated heterocycles. The number of ketones is 1. The molecule has 1 unspecified atom stereocenters. The number of benzene rings is 2. The number of sulfonamides is 1. The van der Waals surface area contributed by atoms with Crippen molar-refractivity contribution in [3.8, 4) is 11.5 Å². The van der Waals surface area contributed by atoms with Crippen LogP contribution in [0.15, 0.2) is 35.2 Å². The van der Waals surface area contributed by atoms with E-state index in [1.54, 1.807) is 37.9 Å². The molecule has 2 aromatic carbocycles. The van der Waals surface area contributed by atoms with Gasteiger partial charge in [0, 0.05) is 33.5 Å². The van der Waals surface area contributed by atoms with Gasteiger partial charge in [0.25, 0.3) is 0 Å². The molecule has 0 saturated carbocycles. The first-order chi connectivity index (χ1) is 19.5. The summed E-state index contributed by atoms with van der Waals surface area (Å²) in [6.45, 7) is 7.04. The van der Waals surface area contributed by atoms with Crippen molar-refractivity contribution in [2.24, 2.45) is 0 Å². The van der Waals surface area contributed by atoms with Gasteiger partial charge in [-0.25, -0.2) is 8.42 Å². The number of methoxy groups -OCH3 is 1. The van der Waals surface area contributed by atoms with Gasteiger partial charge < -0.3 is 14.4 Å². The highest BCUT2D eigenvalue weighted by Gasteiger charge is 2.30. The van der Waals surface area contributed by atoms with Crippen LogP contribution in [0.1, 0.15) is 60.4 Å². The molecule has 0 spiro atoms. The van der Waals surface area contributed by atoms with Crippen molar-refractivity contribution < 1.29 is 27.5 Å². The summed E-state index contributed by atoms with van der Waals surface area (Å²) in [5.74, 6) is 1.01. The highest BCUT2D eigenvalue weighted by Crippen LogP contribution is 2.37. The molecule has 1 fully saturated rings. The van der Waals surface area contributed by atoms with E-state index in [1.165, 1.54) is 32.6 Å². The van der Waals surface area contributed by atoms with Crippen LogP contribution in [-0.4, -0.2) is 88.2 Å². The number of nitrogens with zero attached hydrogens (tertiary/aromatic N) is 3. The minimum Gasteiger partial charge on any atom is -0.497 e. The second-order valence-corrected chi connectivity index (χ2v) is 13.2. The number of ether oxygens (including phenoxy) is 2. The molecule has 2 aliphatic rings. The topological polar surface area (TPSA) is 96.5 Å². The third kappa shape index (κ3) is 7.28. The number of aryl methyl sites for hydroxylation is 3. The standard InChI is InChI=1S/C31H43N3O6S/c1-22-18-27(39-5)19-23(2)31(22)41(37,38)32(3)21-25(35)9-13-30(36)33(4)29-12-8-24-20-26(10-11-28(24)29)40-17-16-34-14-6-7-15-34/h10-11,18-20,29H,6-9,12-17,21H2,1-5H3. The summed E-state index contributed by atoms with van der Waals surface area (Å²) >= 11 is 0. The van der Waals surface area contributed by atoms with Gasteiger partial charge in [-0.2, -0.15) is 4.31 Å². The van der Waals surface area contributed by atoms with E-state index in [4.69, 9.17) is 9.47 Å². The van der Waals surface area contributed by atoms with Crippen molar-refractivity contribution in [1.29, 1.82) is 0 Å². The lowest BCUT2D eigenvalue weighted by Gasteiger charge is -2.26. The molecule has 1 aliphatic heterocycles. The second kappa shape index (κ2) is 13.4. The fourth-order valence-corrected chi connectivity index (χ4v) is 7.52. The van der Waals surface area contributed by atoms with Crippen LogP contribution in [0.5, 0.6) is 11.5 Å². The minimum absolute atomic E-state index is 0.0209. The molecule has 0 N–H and O–H groups in total. The highest BCUT2D eigenvalue weighted by molar-refractivity contribution is 7.89. The lowest BCUT2D eigenvalue weighted by Crippen LogP contribution is -2.34. The molecular formula is C31H43N3O6S. The SMILES string of the molecule is COc1cc(C)c(S(=O)(=O)N(C)CC(=O)CCC(=O)N(C)C2CCc3cc(OCCN4CCCC4)ccc32)c(C)c1. The zero-order chi connectivity index (χ0) is 29.7. The van der Waals surface area contributed by atoms with Gasteiger partial charge in [0.1, 0.15) is 23.9 Å². The zero-order valence-electron chi connectivity index (χ0n) is 24.9. The Morgan fingerprint density at radius 3 is 2.34 bits per heavy atom. The predicted molar refractivity (Wildman–Crippen MR) is 158 cm³/mol. The molecular weight excluding hydrogens is 542 g/mol. The smallest absolute Gasteiger partial charge is 0.243 e. The lowest BCUT2D eigenvalue weighted by atomic mass is 10.1. The molecule has 1 amide bonds. The van der Waals surface area contributed by atoms with E-state index in [0.29, 0.717) is 23.5 Å². The number of fused-ring (bicyclic) bond motifs is 1. The molecule has 0 radical (unpaired) electrons. The summed E-state index contributed by atoms with van der Waals surface area (Å²) in [6, 6.07) is 9.39. The van der Waals surface area contributed by atoms with E-state index in [2.05, 4.69) is 17.0 Å². The Morgan fingerprint density at radius 2 is 1.68 bits per heavy atom. The summed E-state index contributed by atoms with van der Waals surface area (Å²) in [4.78, 5) is 30.1. The normalized spacial score (nSPS) is 17.1. The van der Waals surface area contributed by atoms with Crippen LogP contribution in [0.2, 0.25) is 0 Å². The van der Waals surface area contributed by atoms with Gasteiger partial charge in [0.2, 0.25) is 15.9 Å². The summed E-state index contributed by atoms with van der Waals surface area (Å²) in [5, 5.41) is 0. The summed E-state index contributed by atoms with van der Waals surface area (Å²) in [6.07, 6.45) is 4.24. The van der Waals surface area contributed by atoms with Crippen LogP contribution >= 0.6 is 0 Å². The van der Waals surface area contributed by atoms with Crippen LogP contribution in [0.25, 0.3) is 0 Å². The molecule has 1 aliphatic carbocycles. The second-order valence-electron chi connectivity index (χ2n) is 11.2. The van der Waals surface area contributed by atoms with Gasteiger partial charge in [0.15, 0.2) is 0 Å². The van der Waals surface area contributed by atoms with Gasteiger partial charge in [-0.1, -0.05) is 6.07 Å². The average molecular weight is 586 g/mol. The molecule has 1 heterocycles. The maximum absolute atomic E-state index is 13.2. The van der Waals surface area contributed by atoms with Crippen molar-refractivity contribution in [2.45, 2.75) is 63.3 Å². The summed E-state index contributed by atoms with van der Waals surface area (Å²) in [5.41, 5.74) is 3.42. The first-order valence-corrected chi connectivity index (χ1v) is 15.8. The first-order valence-electron chi connectivity index (χ1n) is 14.4. The molecule has 1 atom stereocenters. The maximum Gasteiger partial charge on any atom is 0.243 e. The van der Waals surface area contributed by atoms with Gasteiger partial charge in [0.05, 0.1) is 24.6 Å². The molecule has 0 bridgehead atoms. The Kier molecular flexibility index (Phi) is 10.1. The molecule has 0 aromatic heterocycles. The number of carbonyl (C=O) groups excluding carboxylic acids is 2. The van der Waals surface area contributed by atoms with Crippen LogP contribution in [-0.2, 0) is 26.0 Å². The predicted octanol–water partition coefficient (Wildman–Crippen LogP) is 3.90. The fraction of sp³-hybridized carbons (Fsp3) is 0.548. The summed E-state index contributed by atoms with van der Waals surface area (Å²) < 4.78 is 38.8. The third-order valence-electron chi connectivity index (χ3n) is 8.25. The van der Waals surface area contributed by atoms with E-state index in [-0.39, 0.29) is 42.0 Å². The number of carbonyl (C=O) groups is 2. The highest BCUT2D eigenvalue weighted by atomic mass is 32.2. The largest absolute Gasteiger partial charge is 0.497 e. The van der Waals surface area contributed by atoms with Crippen LogP contribution in [0.4, 0.5) is 0 Å². The van der Waals surface area contributed by atoms with Crippen LogP contribution in [0.3, 0.4) is 0 Å². The van der Waals surface area contributed by atoms with Gasteiger partial charge in [-0.3, -0.25) is 14.5 Å². The van der Waals surface area contributed by atoms with Crippen LogP contribution < -0.4 is 9.47 Å². The number of hydrogen-bond acceptors (Lipinski definition) is 7. The minimum atomic E-state index is -3.89. The molecule has 41 heavy (non-hydrogen) atoms. The molecule has 224 valence electrons. The number of Topliss-reactive ketones (excluding diaryl/α,β-unsaturated/α-hetero) is 1. The Bertz CT molecular complexity index is 1350. The van der Waals surface area contributed by atoms with Crippen LogP contribution in [0, 0.1) is 13.8 Å². The van der Waals surface area contributed by atoms with E-state index >= 15 is 0 Å². The molecule has 9 nitrogen and oxygen atoms in total. The zero-order valence-corrected chi connectivity index (χ0v) is 25.8. The monoisotopic (exact) mass is 585 g/mol. The van der Waals surface area contributed by atoms with Gasteiger partial charge >= 0.3 is 0 Å². The fourth-order valence-electron chi connectivity index (χ4n) is 5.96. The Balaban J connectivity index is 1.28. The first kappa shape index (κ1) is 31.0. The Labute approximate surface area is 244 Å². The molecule has 2 aromatic rings. The van der Waals surface area contributed by atoms with E-state index in [0.717, 1.165) is 48.1 Å². The molecule has 4 rings (SSSR count). The third-order valence-corrected chi connectivity index (χ3v) is 10.4. The number of likely N-dealkylation sites (tertiary alicyclic amines) is 1. The average Bonchev–Trinajstić information content (AvgIpc) is 3.60. The molecule has 10 heteroatoms. The number of likely N-dealkylation sites (N-methyl/N-ethyl adjacent to an activating group) is 1. The van der Waals surface area contributed by atoms with Gasteiger partial charge in [-0.15, -0.1) is 0 Å². The Hall–Kier alpha value is -2.95. The Morgan fingerprint density at radius 1 is 1.00 bits per heavy atom. The van der Waals surface area contributed by atoms with E-state index < -0.39 is 10.0 Å². The number of rotatable bonds is 13. The van der Waals surface area contributed by atoms with Crippen molar-refractivity contribution in [2.75, 3.05) is 54.0 Å². The van der Waals surface area contributed by atoms with Crippen molar-refractivity contribution >= 4 is 21.7 Å². The van der Waals surface area contributed by atoms with E-state index in [1.807, 2.05) is 6.07 Å². The summed E-state index contributed by atoms with van der Waals surface area (Å²) in [7, 11) is 0.811. The van der Waals surface area contributed by atoms with Crippen molar-refractivity contribution in [1.82, 2.24) is 14.1 Å². The number of amides is 1. The van der Waals surface area contributed by atoms with E-state index in [9.17, 15) is 18.0 Å². The maximum atomic E-state index is 13.2.